The Kier molecular flexibility index (Phi) is 6.16. The minimum Gasteiger partial charge on any atom is -0.492 e. The molecule has 146 valence electrons. The summed E-state index contributed by atoms with van der Waals surface area (Å²) in [4.78, 5) is 14.3. The third-order valence-corrected chi connectivity index (χ3v) is 5.86. The van der Waals surface area contributed by atoms with Crippen LogP contribution in [-0.4, -0.2) is 39.4 Å². The van der Waals surface area contributed by atoms with E-state index in [0.717, 1.165) is 5.75 Å². The minimum absolute atomic E-state index is 0.0294. The summed E-state index contributed by atoms with van der Waals surface area (Å²) in [6.07, 6.45) is 1.33. The molecule has 0 radical (unpaired) electrons. The number of hydrogen-bond acceptors (Lipinski definition) is 5. The highest BCUT2D eigenvalue weighted by atomic mass is 32.2. The second-order valence-corrected chi connectivity index (χ2v) is 8.22. The smallest absolute Gasteiger partial charge is 0.289 e. The van der Waals surface area contributed by atoms with Crippen LogP contribution in [0.4, 0.5) is 0 Å². The first-order valence-electron chi connectivity index (χ1n) is 8.75. The first-order valence-corrected chi connectivity index (χ1v) is 10.4. The van der Waals surface area contributed by atoms with Gasteiger partial charge in [0.05, 0.1) is 23.5 Å². The summed E-state index contributed by atoms with van der Waals surface area (Å²) in [5, 5.41) is 0. The molecule has 0 spiro atoms. The number of nitrogens with zero attached hydrogens (tertiary/aromatic N) is 1. The van der Waals surface area contributed by atoms with Crippen LogP contribution in [0.15, 0.2) is 82.3 Å². The van der Waals surface area contributed by atoms with E-state index in [4.69, 9.17) is 9.15 Å². The van der Waals surface area contributed by atoms with E-state index < -0.39 is 9.84 Å². The number of hydrogen-bond donors (Lipinski definition) is 0. The molecular formula is C21H21NO5S. The highest BCUT2D eigenvalue weighted by Gasteiger charge is 2.24. The Labute approximate surface area is 164 Å². The van der Waals surface area contributed by atoms with E-state index in [1.54, 1.807) is 25.2 Å². The van der Waals surface area contributed by atoms with Gasteiger partial charge < -0.3 is 14.1 Å². The molecule has 2 aromatic carbocycles. The standard InChI is InChI=1S/C21H21NO5S/c1-22(13-15-26-18-8-4-2-5-9-18)21(23)20-17(12-14-27-20)16-28(24,25)19-10-6-3-7-11-19/h2-12,14H,13,15-16H2,1H3. The van der Waals surface area contributed by atoms with E-state index in [1.807, 2.05) is 30.3 Å². The predicted octanol–water partition coefficient (Wildman–Crippen LogP) is 3.40. The fraction of sp³-hybridized carbons (Fsp3) is 0.190. The molecule has 0 unspecified atom stereocenters. The summed E-state index contributed by atoms with van der Waals surface area (Å²) in [5.41, 5.74) is 0.338. The Morgan fingerprint density at radius 1 is 1.00 bits per heavy atom. The third kappa shape index (κ3) is 4.80. The highest BCUT2D eigenvalue weighted by Crippen LogP contribution is 2.21. The number of para-hydroxylation sites is 1. The lowest BCUT2D eigenvalue weighted by Gasteiger charge is -2.17. The van der Waals surface area contributed by atoms with E-state index in [9.17, 15) is 13.2 Å². The molecule has 0 saturated carbocycles. The van der Waals surface area contributed by atoms with E-state index in [2.05, 4.69) is 0 Å². The zero-order valence-electron chi connectivity index (χ0n) is 15.4. The van der Waals surface area contributed by atoms with Gasteiger partial charge in [0.15, 0.2) is 15.6 Å². The summed E-state index contributed by atoms with van der Waals surface area (Å²) >= 11 is 0. The first kappa shape index (κ1) is 19.7. The van der Waals surface area contributed by atoms with Gasteiger partial charge in [-0.25, -0.2) is 8.42 Å². The Morgan fingerprint density at radius 2 is 1.64 bits per heavy atom. The molecule has 0 aliphatic carbocycles. The zero-order chi connectivity index (χ0) is 20.0. The molecule has 0 aliphatic heterocycles. The molecule has 6 nitrogen and oxygen atoms in total. The van der Waals surface area contributed by atoms with Crippen LogP contribution in [-0.2, 0) is 15.6 Å². The minimum atomic E-state index is -3.57. The van der Waals surface area contributed by atoms with Crippen molar-refractivity contribution in [1.82, 2.24) is 4.90 Å². The van der Waals surface area contributed by atoms with Crippen LogP contribution >= 0.6 is 0 Å². The highest BCUT2D eigenvalue weighted by molar-refractivity contribution is 7.90. The van der Waals surface area contributed by atoms with Gasteiger partial charge in [0.1, 0.15) is 12.4 Å². The van der Waals surface area contributed by atoms with E-state index >= 15 is 0 Å². The summed E-state index contributed by atoms with van der Waals surface area (Å²) in [7, 11) is -1.95. The molecule has 0 N–H and O–H groups in total. The lowest BCUT2D eigenvalue weighted by atomic mass is 10.2. The number of carbonyl (C=O) groups is 1. The number of ether oxygens (including phenoxy) is 1. The van der Waals surface area contributed by atoms with Gasteiger partial charge >= 0.3 is 0 Å². The van der Waals surface area contributed by atoms with Crippen molar-refractivity contribution in [2.75, 3.05) is 20.2 Å². The molecule has 0 saturated heterocycles. The molecule has 1 amide bonds. The van der Waals surface area contributed by atoms with Crippen molar-refractivity contribution in [2.45, 2.75) is 10.6 Å². The quantitative estimate of drug-likeness (QED) is 0.580. The molecule has 0 bridgehead atoms. The first-order chi connectivity index (χ1) is 13.5. The van der Waals surface area contributed by atoms with E-state index in [-0.39, 0.29) is 22.3 Å². The molecule has 7 heteroatoms. The maximum atomic E-state index is 12.7. The molecule has 0 aliphatic rings. The number of likely N-dealkylation sites (N-methyl/N-ethyl adjacent to an activating group) is 1. The van der Waals surface area contributed by atoms with Crippen LogP contribution in [0.3, 0.4) is 0 Å². The number of benzene rings is 2. The Balaban J connectivity index is 1.64. The van der Waals surface area contributed by atoms with Crippen molar-refractivity contribution in [3.63, 3.8) is 0 Å². The number of rotatable bonds is 8. The molecule has 3 aromatic rings. The van der Waals surface area contributed by atoms with Gasteiger partial charge in [-0.05, 0) is 30.3 Å². The van der Waals surface area contributed by atoms with Gasteiger partial charge in [0.2, 0.25) is 0 Å². The largest absolute Gasteiger partial charge is 0.492 e. The monoisotopic (exact) mass is 399 g/mol. The summed E-state index contributed by atoms with van der Waals surface area (Å²) in [6, 6.07) is 18.9. The SMILES string of the molecule is CN(CCOc1ccccc1)C(=O)c1occc1CS(=O)(=O)c1ccccc1. The van der Waals surface area contributed by atoms with Gasteiger partial charge in [0, 0.05) is 12.6 Å². The van der Waals surface area contributed by atoms with Gasteiger partial charge in [0.25, 0.3) is 5.91 Å². The second-order valence-electron chi connectivity index (χ2n) is 6.24. The molecule has 1 heterocycles. The maximum absolute atomic E-state index is 12.7. The van der Waals surface area contributed by atoms with Gasteiger partial charge in [-0.2, -0.15) is 0 Å². The van der Waals surface area contributed by atoms with Crippen molar-refractivity contribution in [3.05, 3.63) is 84.3 Å². The van der Waals surface area contributed by atoms with Crippen LogP contribution < -0.4 is 4.74 Å². The Morgan fingerprint density at radius 3 is 2.32 bits per heavy atom. The fourth-order valence-corrected chi connectivity index (χ4v) is 4.02. The van der Waals surface area contributed by atoms with Crippen LogP contribution in [0.25, 0.3) is 0 Å². The van der Waals surface area contributed by atoms with Crippen molar-refractivity contribution in [3.8, 4) is 5.75 Å². The van der Waals surface area contributed by atoms with Crippen LogP contribution in [0.2, 0.25) is 0 Å². The van der Waals surface area contributed by atoms with Crippen molar-refractivity contribution in [2.24, 2.45) is 0 Å². The predicted molar refractivity (Wildman–Crippen MR) is 105 cm³/mol. The summed E-state index contributed by atoms with van der Waals surface area (Å²) in [6.45, 7) is 0.643. The van der Waals surface area contributed by atoms with Crippen molar-refractivity contribution in [1.29, 1.82) is 0 Å². The topological polar surface area (TPSA) is 76.8 Å². The summed E-state index contributed by atoms with van der Waals surface area (Å²) < 4.78 is 36.1. The van der Waals surface area contributed by atoms with E-state index in [0.29, 0.717) is 18.7 Å². The molecule has 3 rings (SSSR count). The maximum Gasteiger partial charge on any atom is 0.289 e. The van der Waals surface area contributed by atoms with Gasteiger partial charge in [-0.3, -0.25) is 4.79 Å². The van der Waals surface area contributed by atoms with Crippen molar-refractivity contribution < 1.29 is 22.4 Å². The van der Waals surface area contributed by atoms with E-state index in [1.165, 1.54) is 29.4 Å². The molecule has 0 atom stereocenters. The molecular weight excluding hydrogens is 378 g/mol. The number of furan rings is 1. The Hall–Kier alpha value is -3.06. The van der Waals surface area contributed by atoms with Crippen molar-refractivity contribution >= 4 is 15.7 Å². The van der Waals surface area contributed by atoms with Gasteiger partial charge in [-0.1, -0.05) is 36.4 Å². The lowest BCUT2D eigenvalue weighted by Crippen LogP contribution is -2.31. The van der Waals surface area contributed by atoms with Crippen LogP contribution in [0, 0.1) is 0 Å². The number of sulfone groups is 1. The molecule has 0 fully saturated rings. The number of carbonyl (C=O) groups excluding carboxylic acids is 1. The van der Waals surface area contributed by atoms with Gasteiger partial charge in [-0.15, -0.1) is 0 Å². The second kappa shape index (κ2) is 8.75. The lowest BCUT2D eigenvalue weighted by molar-refractivity contribution is 0.0741. The van der Waals surface area contributed by atoms with Crippen LogP contribution in [0.5, 0.6) is 5.75 Å². The number of amides is 1. The zero-order valence-corrected chi connectivity index (χ0v) is 16.3. The Bertz CT molecular complexity index is 1010. The average molecular weight is 399 g/mol. The average Bonchev–Trinajstić information content (AvgIpc) is 3.16. The third-order valence-electron chi connectivity index (χ3n) is 4.17. The fourth-order valence-electron chi connectivity index (χ4n) is 2.64. The molecule has 28 heavy (non-hydrogen) atoms. The summed E-state index contributed by atoms with van der Waals surface area (Å²) in [5.74, 6) is 0.0563. The van der Waals surface area contributed by atoms with Crippen LogP contribution in [0.1, 0.15) is 16.1 Å². The molecule has 1 aromatic heterocycles. The normalized spacial score (nSPS) is 11.2.